The SMILES string of the molecule is CC(C)(C)c1cc(CCO[Si](c2ccccc2)(c2ccccc2)C(C)(C)C)cc(C(C)(C)C)c1O. The van der Waals surface area contributed by atoms with E-state index in [1.807, 2.05) is 0 Å². The largest absolute Gasteiger partial charge is 0.507 e. The third-order valence-corrected chi connectivity index (χ3v) is 12.0. The van der Waals surface area contributed by atoms with Crippen LogP contribution in [0.3, 0.4) is 0 Å². The quantitative estimate of drug-likeness (QED) is 0.375. The van der Waals surface area contributed by atoms with E-state index in [2.05, 4.69) is 135 Å². The van der Waals surface area contributed by atoms with Crippen LogP contribution in [0.15, 0.2) is 72.8 Å². The Morgan fingerprint density at radius 1 is 0.657 bits per heavy atom. The lowest BCUT2D eigenvalue weighted by Crippen LogP contribution is -2.66. The van der Waals surface area contributed by atoms with Crippen molar-refractivity contribution in [2.75, 3.05) is 6.61 Å². The van der Waals surface area contributed by atoms with Crippen LogP contribution in [0.5, 0.6) is 5.75 Å². The molecule has 0 fully saturated rings. The van der Waals surface area contributed by atoms with Gasteiger partial charge in [-0.25, -0.2) is 0 Å². The Morgan fingerprint density at radius 2 is 1.06 bits per heavy atom. The molecule has 2 nitrogen and oxygen atoms in total. The van der Waals surface area contributed by atoms with Crippen LogP contribution in [0.1, 0.15) is 79.0 Å². The van der Waals surface area contributed by atoms with Crippen molar-refractivity contribution in [3.05, 3.63) is 89.5 Å². The van der Waals surface area contributed by atoms with Gasteiger partial charge < -0.3 is 9.53 Å². The van der Waals surface area contributed by atoms with Crippen molar-refractivity contribution in [3.8, 4) is 5.75 Å². The van der Waals surface area contributed by atoms with Crippen molar-refractivity contribution < 1.29 is 9.53 Å². The van der Waals surface area contributed by atoms with E-state index < -0.39 is 8.32 Å². The van der Waals surface area contributed by atoms with Gasteiger partial charge in [0.25, 0.3) is 8.32 Å². The van der Waals surface area contributed by atoms with Crippen LogP contribution in [0.25, 0.3) is 0 Å². The van der Waals surface area contributed by atoms with Gasteiger partial charge in [-0.1, -0.05) is 135 Å². The molecule has 3 aromatic rings. The number of phenolic OH excluding ortho intramolecular Hbond substituents is 1. The van der Waals surface area contributed by atoms with Gasteiger partial charge in [0.1, 0.15) is 5.75 Å². The minimum Gasteiger partial charge on any atom is -0.507 e. The van der Waals surface area contributed by atoms with Gasteiger partial charge in [-0.2, -0.15) is 0 Å². The lowest BCUT2D eigenvalue weighted by Gasteiger charge is -2.43. The number of hydrogen-bond acceptors (Lipinski definition) is 2. The zero-order chi connectivity index (χ0) is 26.1. The lowest BCUT2D eigenvalue weighted by molar-refractivity contribution is 0.301. The molecule has 0 aliphatic rings. The Bertz CT molecular complexity index is 1040. The average molecular weight is 489 g/mol. The fraction of sp³-hybridized carbons (Fsp3) is 0.438. The van der Waals surface area contributed by atoms with Gasteiger partial charge in [-0.05, 0) is 49.4 Å². The Morgan fingerprint density at radius 3 is 1.40 bits per heavy atom. The summed E-state index contributed by atoms with van der Waals surface area (Å²) in [5, 5.41) is 13.7. The molecule has 3 heteroatoms. The fourth-order valence-corrected chi connectivity index (χ4v) is 9.63. The normalized spacial score (nSPS) is 13.2. The number of benzene rings is 3. The molecular weight excluding hydrogens is 444 g/mol. The summed E-state index contributed by atoms with van der Waals surface area (Å²) in [5.74, 6) is 0.432. The predicted molar refractivity (Wildman–Crippen MR) is 153 cm³/mol. The summed E-state index contributed by atoms with van der Waals surface area (Å²) < 4.78 is 7.13. The van der Waals surface area contributed by atoms with Crippen LogP contribution in [0.4, 0.5) is 0 Å². The molecule has 0 saturated carbocycles. The van der Waals surface area contributed by atoms with Crippen LogP contribution in [0.2, 0.25) is 5.04 Å². The molecule has 0 aliphatic heterocycles. The number of aromatic hydroxyl groups is 1. The zero-order valence-electron chi connectivity index (χ0n) is 23.2. The molecule has 0 radical (unpaired) electrons. The molecule has 188 valence electrons. The number of rotatable bonds is 6. The van der Waals surface area contributed by atoms with Gasteiger partial charge in [-0.15, -0.1) is 0 Å². The van der Waals surface area contributed by atoms with E-state index in [-0.39, 0.29) is 15.9 Å². The molecule has 0 unspecified atom stereocenters. The monoisotopic (exact) mass is 488 g/mol. The molecule has 0 saturated heterocycles. The second-order valence-corrected chi connectivity index (χ2v) is 17.1. The summed E-state index contributed by atoms with van der Waals surface area (Å²) >= 11 is 0. The van der Waals surface area contributed by atoms with Crippen molar-refractivity contribution in [1.29, 1.82) is 0 Å². The molecule has 0 bridgehead atoms. The third-order valence-electron chi connectivity index (χ3n) is 6.91. The highest BCUT2D eigenvalue weighted by atomic mass is 28.4. The van der Waals surface area contributed by atoms with Crippen molar-refractivity contribution in [3.63, 3.8) is 0 Å². The van der Waals surface area contributed by atoms with Crippen molar-refractivity contribution in [2.45, 2.75) is 84.6 Å². The van der Waals surface area contributed by atoms with Gasteiger partial charge in [0.2, 0.25) is 0 Å². The van der Waals surface area contributed by atoms with Crippen LogP contribution in [-0.2, 0) is 21.7 Å². The molecule has 0 aromatic heterocycles. The second-order valence-electron chi connectivity index (χ2n) is 12.8. The maximum atomic E-state index is 11.1. The number of phenols is 1. The van der Waals surface area contributed by atoms with E-state index in [4.69, 9.17) is 4.43 Å². The first-order valence-corrected chi connectivity index (χ1v) is 14.7. The van der Waals surface area contributed by atoms with Gasteiger partial charge >= 0.3 is 0 Å². The van der Waals surface area contributed by atoms with Crippen LogP contribution >= 0.6 is 0 Å². The Labute approximate surface area is 214 Å². The summed E-state index contributed by atoms with van der Waals surface area (Å²) in [6.07, 6.45) is 0.803. The first-order valence-electron chi connectivity index (χ1n) is 12.8. The molecule has 35 heavy (non-hydrogen) atoms. The molecule has 0 aliphatic carbocycles. The molecule has 0 atom stereocenters. The fourth-order valence-electron chi connectivity index (χ4n) is 5.07. The van der Waals surface area contributed by atoms with Gasteiger partial charge in [0.05, 0.1) is 0 Å². The third kappa shape index (κ3) is 5.73. The van der Waals surface area contributed by atoms with E-state index in [0.29, 0.717) is 12.4 Å². The number of hydrogen-bond donors (Lipinski definition) is 1. The van der Waals surface area contributed by atoms with Crippen LogP contribution in [0, 0.1) is 0 Å². The molecule has 0 spiro atoms. The maximum Gasteiger partial charge on any atom is 0.261 e. The van der Waals surface area contributed by atoms with Gasteiger partial charge in [0.15, 0.2) is 0 Å². The standard InChI is InChI=1S/C32H44O2Si/c1-30(2,3)27-22-24(23-28(29(27)33)31(4,5)6)20-21-34-35(32(7,8)9,25-16-12-10-13-17-25)26-18-14-11-15-19-26/h10-19,22-23,33H,20-21H2,1-9H3. The first-order chi connectivity index (χ1) is 16.2. The first kappa shape index (κ1) is 27.2. The smallest absolute Gasteiger partial charge is 0.261 e. The lowest BCUT2D eigenvalue weighted by atomic mass is 9.78. The summed E-state index contributed by atoms with van der Waals surface area (Å²) in [5.41, 5.74) is 2.95. The highest BCUT2D eigenvalue weighted by Gasteiger charge is 2.50. The van der Waals surface area contributed by atoms with E-state index in [1.165, 1.54) is 15.9 Å². The van der Waals surface area contributed by atoms with Crippen molar-refractivity contribution >= 4 is 18.7 Å². The Hall–Kier alpha value is -2.36. The molecule has 3 aromatic carbocycles. The Kier molecular flexibility index (Phi) is 7.74. The topological polar surface area (TPSA) is 29.5 Å². The van der Waals surface area contributed by atoms with Crippen LogP contribution in [-0.4, -0.2) is 20.0 Å². The van der Waals surface area contributed by atoms with E-state index in [1.54, 1.807) is 0 Å². The van der Waals surface area contributed by atoms with Crippen molar-refractivity contribution in [2.24, 2.45) is 0 Å². The molecule has 3 rings (SSSR count). The minimum atomic E-state index is -2.56. The molecule has 1 N–H and O–H groups in total. The zero-order valence-corrected chi connectivity index (χ0v) is 24.2. The van der Waals surface area contributed by atoms with Gasteiger partial charge in [-0.3, -0.25) is 0 Å². The van der Waals surface area contributed by atoms with E-state index in [9.17, 15) is 5.11 Å². The molecule has 0 heterocycles. The summed E-state index contributed by atoms with van der Waals surface area (Å²) in [6, 6.07) is 26.0. The summed E-state index contributed by atoms with van der Waals surface area (Å²) in [6.45, 7) is 20.6. The van der Waals surface area contributed by atoms with Crippen LogP contribution < -0.4 is 10.4 Å². The predicted octanol–water partition coefficient (Wildman–Crippen LogP) is 7.11. The highest BCUT2D eigenvalue weighted by molar-refractivity contribution is 6.99. The second kappa shape index (κ2) is 9.95. The highest BCUT2D eigenvalue weighted by Crippen LogP contribution is 2.40. The van der Waals surface area contributed by atoms with E-state index >= 15 is 0 Å². The molecule has 0 amide bonds. The average Bonchev–Trinajstić information content (AvgIpc) is 2.76. The van der Waals surface area contributed by atoms with Gasteiger partial charge in [0, 0.05) is 6.61 Å². The van der Waals surface area contributed by atoms with E-state index in [0.717, 1.165) is 17.5 Å². The maximum absolute atomic E-state index is 11.1. The van der Waals surface area contributed by atoms with Crippen molar-refractivity contribution in [1.82, 2.24) is 0 Å². The molecular formula is C32H44O2Si. The minimum absolute atomic E-state index is 0.0438. The summed E-state index contributed by atoms with van der Waals surface area (Å²) in [7, 11) is -2.56. The summed E-state index contributed by atoms with van der Waals surface area (Å²) in [4.78, 5) is 0. The Balaban J connectivity index is 2.04.